The Balaban J connectivity index is 2.62. The topological polar surface area (TPSA) is 43.8 Å². The van der Waals surface area contributed by atoms with Crippen LogP contribution < -0.4 is 0 Å². The van der Waals surface area contributed by atoms with Crippen molar-refractivity contribution in [1.82, 2.24) is 9.80 Å². The molecule has 0 fully saturated rings. The summed E-state index contributed by atoms with van der Waals surface area (Å²) in [5, 5.41) is 11.6. The Morgan fingerprint density at radius 2 is 1.63 bits per heavy atom. The molecule has 2 unspecified atom stereocenters. The van der Waals surface area contributed by atoms with Gasteiger partial charge in [0.2, 0.25) is 5.91 Å². The zero-order valence-electron chi connectivity index (χ0n) is 16.5. The number of carbonyl (C=O) groups is 1. The van der Waals surface area contributed by atoms with Crippen molar-refractivity contribution in [3.8, 4) is 0 Å². The van der Waals surface area contributed by atoms with Gasteiger partial charge in [0.25, 0.3) is 0 Å². The van der Waals surface area contributed by atoms with E-state index in [1.165, 1.54) is 0 Å². The zero-order valence-corrected chi connectivity index (χ0v) is 18.1. The van der Waals surface area contributed by atoms with Crippen LogP contribution in [0.4, 0.5) is 0 Å². The van der Waals surface area contributed by atoms with E-state index in [4.69, 9.17) is 0 Å². The molecular weight excluding hydrogens is 404 g/mol. The van der Waals surface area contributed by atoms with E-state index < -0.39 is 11.5 Å². The maximum Gasteiger partial charge on any atom is 0.235 e. The minimum atomic E-state index is -1.05. The van der Waals surface area contributed by atoms with Crippen molar-refractivity contribution in [3.63, 3.8) is 0 Å². The second kappa shape index (κ2) is 9.49. The molecule has 1 amide bonds. The van der Waals surface area contributed by atoms with Gasteiger partial charge < -0.3 is 14.9 Å². The molecule has 5 heteroatoms. The lowest BCUT2D eigenvalue weighted by Gasteiger charge is -2.40. The lowest BCUT2D eigenvalue weighted by molar-refractivity contribution is -0.140. The summed E-state index contributed by atoms with van der Waals surface area (Å²) >= 11 is 3.55. The first-order valence-electron chi connectivity index (χ1n) is 9.15. The minimum Gasteiger partial charge on any atom is -0.387 e. The van der Waals surface area contributed by atoms with Crippen molar-refractivity contribution >= 4 is 21.8 Å². The SMILES string of the molecule is CN(C)CCCC(C(=O)N(C)C)(c1ccccc1)C(O)c1ccccc1Br. The van der Waals surface area contributed by atoms with Gasteiger partial charge in [0.15, 0.2) is 0 Å². The van der Waals surface area contributed by atoms with Gasteiger partial charge in [-0.3, -0.25) is 4.79 Å². The third-order valence-corrected chi connectivity index (χ3v) is 5.64. The van der Waals surface area contributed by atoms with Crippen molar-refractivity contribution in [3.05, 3.63) is 70.2 Å². The van der Waals surface area contributed by atoms with Crippen LogP contribution in [-0.4, -0.2) is 55.5 Å². The smallest absolute Gasteiger partial charge is 0.235 e. The van der Waals surface area contributed by atoms with Crippen molar-refractivity contribution in [1.29, 1.82) is 0 Å². The summed E-state index contributed by atoms with van der Waals surface area (Å²) in [4.78, 5) is 17.2. The van der Waals surface area contributed by atoms with Crippen LogP contribution in [0.5, 0.6) is 0 Å². The van der Waals surface area contributed by atoms with Gasteiger partial charge in [-0.2, -0.15) is 0 Å². The van der Waals surface area contributed by atoms with Crippen LogP contribution >= 0.6 is 15.9 Å². The number of halogens is 1. The number of rotatable bonds is 8. The highest BCUT2D eigenvalue weighted by Gasteiger charge is 2.48. The standard InChI is InChI=1S/C22H29BrN2O2/c1-24(2)16-10-15-22(21(27)25(3)4,17-11-6-5-7-12-17)20(26)18-13-8-9-14-19(18)23/h5-9,11-14,20,26H,10,15-16H2,1-4H3. The van der Waals surface area contributed by atoms with Gasteiger partial charge in [-0.25, -0.2) is 0 Å². The fraction of sp³-hybridized carbons (Fsp3) is 0.409. The molecule has 0 aliphatic carbocycles. The zero-order chi connectivity index (χ0) is 20.0. The Labute approximate surface area is 170 Å². The molecule has 2 aromatic rings. The van der Waals surface area contributed by atoms with Gasteiger partial charge in [-0.1, -0.05) is 64.5 Å². The Morgan fingerprint density at radius 1 is 1.04 bits per heavy atom. The van der Waals surface area contributed by atoms with Gasteiger partial charge in [0.1, 0.15) is 5.41 Å². The van der Waals surface area contributed by atoms with Crippen molar-refractivity contribution in [2.24, 2.45) is 0 Å². The number of carbonyl (C=O) groups excluding carboxylic acids is 1. The van der Waals surface area contributed by atoms with E-state index in [1.807, 2.05) is 68.7 Å². The molecule has 146 valence electrons. The highest BCUT2D eigenvalue weighted by Crippen LogP contribution is 2.44. The van der Waals surface area contributed by atoms with E-state index in [0.29, 0.717) is 6.42 Å². The molecule has 2 aromatic carbocycles. The molecule has 0 radical (unpaired) electrons. The fourth-order valence-electron chi connectivity index (χ4n) is 3.56. The molecule has 1 N–H and O–H groups in total. The quantitative estimate of drug-likeness (QED) is 0.688. The van der Waals surface area contributed by atoms with Crippen molar-refractivity contribution < 1.29 is 9.90 Å². The summed E-state index contributed by atoms with van der Waals surface area (Å²) in [7, 11) is 7.53. The van der Waals surface area contributed by atoms with E-state index in [2.05, 4.69) is 20.8 Å². The second-order valence-electron chi connectivity index (χ2n) is 7.37. The number of amides is 1. The Kier molecular flexibility index (Phi) is 7.59. The van der Waals surface area contributed by atoms with Crippen molar-refractivity contribution in [2.75, 3.05) is 34.7 Å². The molecule has 0 bridgehead atoms. The second-order valence-corrected chi connectivity index (χ2v) is 8.22. The summed E-state index contributed by atoms with van der Waals surface area (Å²) in [6, 6.07) is 17.2. The number of hydrogen-bond acceptors (Lipinski definition) is 3. The normalized spacial score (nSPS) is 14.6. The molecule has 0 heterocycles. The molecule has 27 heavy (non-hydrogen) atoms. The van der Waals surface area contributed by atoms with E-state index in [9.17, 15) is 9.90 Å². The van der Waals surface area contributed by atoms with Gasteiger partial charge in [0, 0.05) is 18.6 Å². The maximum atomic E-state index is 13.5. The number of hydrogen-bond donors (Lipinski definition) is 1. The highest BCUT2D eigenvalue weighted by molar-refractivity contribution is 9.10. The van der Waals surface area contributed by atoms with Gasteiger partial charge >= 0.3 is 0 Å². The first-order valence-corrected chi connectivity index (χ1v) is 9.94. The third-order valence-electron chi connectivity index (χ3n) is 4.92. The molecule has 0 aliphatic rings. The van der Waals surface area contributed by atoms with Crippen LogP contribution in [0.3, 0.4) is 0 Å². The Hall–Kier alpha value is -1.69. The fourth-order valence-corrected chi connectivity index (χ4v) is 4.06. The molecular formula is C22H29BrN2O2. The van der Waals surface area contributed by atoms with E-state index in [-0.39, 0.29) is 5.91 Å². The first kappa shape index (κ1) is 21.6. The van der Waals surface area contributed by atoms with E-state index >= 15 is 0 Å². The average Bonchev–Trinajstić information content (AvgIpc) is 2.65. The number of benzene rings is 2. The van der Waals surface area contributed by atoms with Crippen molar-refractivity contribution in [2.45, 2.75) is 24.4 Å². The molecule has 0 aliphatic heterocycles. The molecule has 0 aromatic heterocycles. The lowest BCUT2D eigenvalue weighted by atomic mass is 9.69. The van der Waals surface area contributed by atoms with Gasteiger partial charge in [-0.05, 0) is 50.7 Å². The predicted octanol–water partition coefficient (Wildman–Crippen LogP) is 3.85. The lowest BCUT2D eigenvalue weighted by Crippen LogP contribution is -2.48. The third kappa shape index (κ3) is 4.78. The predicted molar refractivity (Wildman–Crippen MR) is 114 cm³/mol. The summed E-state index contributed by atoms with van der Waals surface area (Å²) in [5.74, 6) is -0.0873. The molecule has 0 saturated carbocycles. The summed E-state index contributed by atoms with van der Waals surface area (Å²) < 4.78 is 0.803. The number of likely N-dealkylation sites (N-methyl/N-ethyl adjacent to an activating group) is 1. The highest BCUT2D eigenvalue weighted by atomic mass is 79.9. The molecule has 2 atom stereocenters. The van der Waals surface area contributed by atoms with Crippen LogP contribution in [0.2, 0.25) is 0 Å². The van der Waals surface area contributed by atoms with E-state index in [1.54, 1.807) is 19.0 Å². The van der Waals surface area contributed by atoms with Crippen LogP contribution in [0, 0.1) is 0 Å². The average molecular weight is 433 g/mol. The summed E-state index contributed by atoms with van der Waals surface area (Å²) in [6.45, 7) is 0.845. The van der Waals surface area contributed by atoms with Crippen LogP contribution in [-0.2, 0) is 10.2 Å². The first-order chi connectivity index (χ1) is 12.8. The van der Waals surface area contributed by atoms with Crippen LogP contribution in [0.25, 0.3) is 0 Å². The largest absolute Gasteiger partial charge is 0.387 e. The number of aliphatic hydroxyl groups excluding tert-OH is 1. The number of aliphatic hydroxyl groups is 1. The molecule has 2 rings (SSSR count). The molecule has 0 saturated heterocycles. The molecule has 4 nitrogen and oxygen atoms in total. The summed E-state index contributed by atoms with van der Waals surface area (Å²) in [5.41, 5.74) is 0.511. The van der Waals surface area contributed by atoms with E-state index in [0.717, 1.165) is 28.6 Å². The van der Waals surface area contributed by atoms with Gasteiger partial charge in [-0.15, -0.1) is 0 Å². The Bertz CT molecular complexity index is 749. The molecule has 0 spiro atoms. The maximum absolute atomic E-state index is 13.5. The monoisotopic (exact) mass is 432 g/mol. The minimum absolute atomic E-state index is 0.0873. The van der Waals surface area contributed by atoms with Crippen LogP contribution in [0.15, 0.2) is 59.1 Å². The van der Waals surface area contributed by atoms with Gasteiger partial charge in [0.05, 0.1) is 6.10 Å². The summed E-state index contributed by atoms with van der Waals surface area (Å²) in [6.07, 6.45) is 0.380. The Morgan fingerprint density at radius 3 is 2.19 bits per heavy atom. The number of nitrogens with zero attached hydrogens (tertiary/aromatic N) is 2. The van der Waals surface area contributed by atoms with Crippen LogP contribution in [0.1, 0.15) is 30.1 Å².